The van der Waals surface area contributed by atoms with Crippen molar-refractivity contribution in [1.82, 2.24) is 19.7 Å². The van der Waals surface area contributed by atoms with Crippen molar-refractivity contribution in [3.63, 3.8) is 0 Å². The van der Waals surface area contributed by atoms with Gasteiger partial charge in [-0.1, -0.05) is 37.2 Å². The number of rotatable bonds is 4. The molecule has 22 heavy (non-hydrogen) atoms. The van der Waals surface area contributed by atoms with Crippen molar-refractivity contribution in [3.05, 3.63) is 45.8 Å². The van der Waals surface area contributed by atoms with Crippen LogP contribution in [-0.4, -0.2) is 25.0 Å². The Morgan fingerprint density at radius 1 is 1.36 bits per heavy atom. The van der Waals surface area contributed by atoms with E-state index in [0.29, 0.717) is 26.5 Å². The molecule has 0 aliphatic rings. The van der Waals surface area contributed by atoms with Gasteiger partial charge in [-0.05, 0) is 30.7 Å². The van der Waals surface area contributed by atoms with E-state index in [2.05, 4.69) is 28.9 Å². The topological polar surface area (TPSA) is 63.6 Å². The number of aromatic nitrogens is 4. The third kappa shape index (κ3) is 2.89. The second kappa shape index (κ2) is 6.14. The van der Waals surface area contributed by atoms with Crippen LogP contribution in [0.4, 0.5) is 0 Å². The van der Waals surface area contributed by atoms with E-state index in [1.807, 2.05) is 12.1 Å². The Kier molecular flexibility index (Phi) is 4.22. The molecule has 0 saturated carbocycles. The van der Waals surface area contributed by atoms with Gasteiger partial charge in [0.15, 0.2) is 10.8 Å². The van der Waals surface area contributed by atoms with Crippen molar-refractivity contribution >= 4 is 34.4 Å². The number of nitrogens with one attached hydrogen (secondary N) is 1. The van der Waals surface area contributed by atoms with Crippen LogP contribution in [-0.2, 0) is 0 Å². The summed E-state index contributed by atoms with van der Waals surface area (Å²) in [7, 11) is 0. The summed E-state index contributed by atoms with van der Waals surface area (Å²) in [5.41, 5.74) is 1.20. The van der Waals surface area contributed by atoms with E-state index >= 15 is 0 Å². The maximum Gasteiger partial charge on any atom is 0.262 e. The molecule has 0 aliphatic carbocycles. The molecule has 2 aromatic heterocycles. The highest BCUT2D eigenvalue weighted by Crippen LogP contribution is 2.23. The smallest absolute Gasteiger partial charge is 0.262 e. The normalized spacial score (nSPS) is 12.7. The SMILES string of the molecule is CC[C@H](C)Sc1nc2c(cnn2-c2ccc(Cl)cc2)c(=O)[nH]1. The predicted molar refractivity (Wildman–Crippen MR) is 90.1 cm³/mol. The fraction of sp³-hybridized carbons (Fsp3) is 0.267. The Labute approximate surface area is 136 Å². The fourth-order valence-corrected chi connectivity index (χ4v) is 2.96. The van der Waals surface area contributed by atoms with E-state index in [0.717, 1.165) is 12.1 Å². The molecule has 3 aromatic rings. The monoisotopic (exact) mass is 334 g/mol. The van der Waals surface area contributed by atoms with Crippen molar-refractivity contribution in [2.24, 2.45) is 0 Å². The minimum atomic E-state index is -0.170. The Morgan fingerprint density at radius 3 is 2.77 bits per heavy atom. The molecule has 1 aromatic carbocycles. The number of hydrogen-bond acceptors (Lipinski definition) is 4. The molecular weight excluding hydrogens is 320 g/mol. The number of benzene rings is 1. The summed E-state index contributed by atoms with van der Waals surface area (Å²) in [5, 5.41) is 6.40. The van der Waals surface area contributed by atoms with Crippen molar-refractivity contribution < 1.29 is 0 Å². The largest absolute Gasteiger partial charge is 0.301 e. The molecule has 0 spiro atoms. The van der Waals surface area contributed by atoms with Crippen molar-refractivity contribution in [2.75, 3.05) is 0 Å². The van der Waals surface area contributed by atoms with Crippen LogP contribution in [0.2, 0.25) is 5.02 Å². The number of thioether (sulfide) groups is 1. The lowest BCUT2D eigenvalue weighted by Crippen LogP contribution is -2.11. The predicted octanol–water partition coefficient (Wildman–Crippen LogP) is 3.65. The minimum Gasteiger partial charge on any atom is -0.301 e. The molecule has 0 unspecified atom stereocenters. The average molecular weight is 335 g/mol. The minimum absolute atomic E-state index is 0.170. The first kappa shape index (κ1) is 15.1. The average Bonchev–Trinajstić information content (AvgIpc) is 2.92. The molecule has 1 atom stereocenters. The summed E-state index contributed by atoms with van der Waals surface area (Å²) in [6, 6.07) is 7.26. The zero-order chi connectivity index (χ0) is 15.7. The van der Waals surface area contributed by atoms with Gasteiger partial charge in [-0.25, -0.2) is 9.67 Å². The quantitative estimate of drug-likeness (QED) is 0.584. The summed E-state index contributed by atoms with van der Waals surface area (Å²) in [5.74, 6) is 0. The van der Waals surface area contributed by atoms with Crippen LogP contribution in [0.15, 0.2) is 40.4 Å². The van der Waals surface area contributed by atoms with Crippen LogP contribution in [0.1, 0.15) is 20.3 Å². The number of H-pyrrole nitrogens is 1. The second-order valence-electron chi connectivity index (χ2n) is 4.98. The van der Waals surface area contributed by atoms with E-state index < -0.39 is 0 Å². The van der Waals surface area contributed by atoms with E-state index in [4.69, 9.17) is 11.6 Å². The molecule has 3 rings (SSSR count). The maximum atomic E-state index is 12.2. The van der Waals surface area contributed by atoms with Crippen molar-refractivity contribution in [3.8, 4) is 5.69 Å². The molecule has 7 heteroatoms. The second-order valence-corrected chi connectivity index (χ2v) is 6.84. The van der Waals surface area contributed by atoms with E-state index in [9.17, 15) is 4.79 Å². The van der Waals surface area contributed by atoms with Gasteiger partial charge in [0, 0.05) is 10.3 Å². The third-order valence-corrected chi connectivity index (χ3v) is 4.78. The summed E-state index contributed by atoms with van der Waals surface area (Å²) < 4.78 is 1.65. The van der Waals surface area contributed by atoms with Gasteiger partial charge in [0.2, 0.25) is 0 Å². The first-order valence-electron chi connectivity index (χ1n) is 6.99. The number of aromatic amines is 1. The van der Waals surface area contributed by atoms with Gasteiger partial charge >= 0.3 is 0 Å². The zero-order valence-electron chi connectivity index (χ0n) is 12.2. The van der Waals surface area contributed by atoms with Crippen LogP contribution >= 0.6 is 23.4 Å². The van der Waals surface area contributed by atoms with E-state index in [1.54, 1.807) is 28.6 Å². The van der Waals surface area contributed by atoms with Gasteiger partial charge in [0.05, 0.1) is 11.9 Å². The van der Waals surface area contributed by atoms with Crippen LogP contribution in [0.25, 0.3) is 16.7 Å². The van der Waals surface area contributed by atoms with E-state index in [-0.39, 0.29) is 5.56 Å². The Balaban J connectivity index is 2.12. The highest BCUT2D eigenvalue weighted by atomic mass is 35.5. The molecule has 2 heterocycles. The van der Waals surface area contributed by atoms with Gasteiger partial charge in [0.25, 0.3) is 5.56 Å². The van der Waals surface area contributed by atoms with Crippen LogP contribution in [0.5, 0.6) is 0 Å². The van der Waals surface area contributed by atoms with Crippen LogP contribution in [0.3, 0.4) is 0 Å². The van der Waals surface area contributed by atoms with E-state index in [1.165, 1.54) is 6.20 Å². The Bertz CT molecular complexity index is 856. The first-order chi connectivity index (χ1) is 10.6. The lowest BCUT2D eigenvalue weighted by molar-refractivity contribution is 0.860. The molecule has 0 bridgehead atoms. The Hall–Kier alpha value is -1.79. The number of nitrogens with zero attached hydrogens (tertiary/aromatic N) is 3. The van der Waals surface area contributed by atoms with Crippen LogP contribution in [0, 0.1) is 0 Å². The number of fused-ring (bicyclic) bond motifs is 1. The summed E-state index contributed by atoms with van der Waals surface area (Å²) in [6.45, 7) is 4.21. The standard InChI is InChI=1S/C15H15ClN4OS/c1-3-9(2)22-15-18-13-12(14(21)19-15)8-17-20(13)11-6-4-10(16)5-7-11/h4-9H,3H2,1-2H3,(H,18,19,21)/t9-/m0/s1. The summed E-state index contributed by atoms with van der Waals surface area (Å²) in [6.07, 6.45) is 2.54. The molecule has 5 nitrogen and oxygen atoms in total. The highest BCUT2D eigenvalue weighted by Gasteiger charge is 2.13. The molecule has 0 fully saturated rings. The van der Waals surface area contributed by atoms with Gasteiger partial charge in [0.1, 0.15) is 5.39 Å². The number of halogens is 1. The first-order valence-corrected chi connectivity index (χ1v) is 8.25. The van der Waals surface area contributed by atoms with Crippen LogP contribution < -0.4 is 5.56 Å². The lowest BCUT2D eigenvalue weighted by Gasteiger charge is -2.08. The highest BCUT2D eigenvalue weighted by molar-refractivity contribution is 7.99. The maximum absolute atomic E-state index is 12.2. The molecule has 114 valence electrons. The summed E-state index contributed by atoms with van der Waals surface area (Å²) >= 11 is 7.46. The molecule has 0 amide bonds. The fourth-order valence-electron chi connectivity index (χ4n) is 2.00. The van der Waals surface area contributed by atoms with Crippen molar-refractivity contribution in [2.45, 2.75) is 30.7 Å². The van der Waals surface area contributed by atoms with Gasteiger partial charge in [-0.3, -0.25) is 4.79 Å². The summed E-state index contributed by atoms with van der Waals surface area (Å²) in [4.78, 5) is 19.6. The molecule has 0 saturated heterocycles. The lowest BCUT2D eigenvalue weighted by atomic mass is 10.3. The number of hydrogen-bond donors (Lipinski definition) is 1. The van der Waals surface area contributed by atoms with Gasteiger partial charge in [-0.2, -0.15) is 5.10 Å². The molecular formula is C15H15ClN4OS. The third-order valence-electron chi connectivity index (χ3n) is 3.38. The Morgan fingerprint density at radius 2 is 2.09 bits per heavy atom. The van der Waals surface area contributed by atoms with Gasteiger partial charge < -0.3 is 4.98 Å². The van der Waals surface area contributed by atoms with Crippen molar-refractivity contribution in [1.29, 1.82) is 0 Å². The van der Waals surface area contributed by atoms with Gasteiger partial charge in [-0.15, -0.1) is 0 Å². The zero-order valence-corrected chi connectivity index (χ0v) is 13.8. The molecule has 1 N–H and O–H groups in total. The molecule has 0 aliphatic heterocycles. The molecule has 0 radical (unpaired) electrons.